The minimum atomic E-state index is -3.49. The van der Waals surface area contributed by atoms with Gasteiger partial charge in [-0.25, -0.2) is 8.42 Å². The Morgan fingerprint density at radius 1 is 1.04 bits per heavy atom. The largest absolute Gasteiger partial charge is 0.454 e. The molecule has 2 aromatic carbocycles. The molecule has 4 rings (SSSR count). The van der Waals surface area contributed by atoms with Crippen LogP contribution in [0.4, 0.5) is 0 Å². The molecule has 0 spiro atoms. The molecule has 0 aliphatic carbocycles. The van der Waals surface area contributed by atoms with Crippen molar-refractivity contribution in [3.63, 3.8) is 0 Å². The van der Waals surface area contributed by atoms with E-state index in [4.69, 9.17) is 9.47 Å². The molecule has 1 saturated heterocycles. The maximum absolute atomic E-state index is 12.9. The summed E-state index contributed by atoms with van der Waals surface area (Å²) in [5.74, 6) is 1.45. The van der Waals surface area contributed by atoms with Crippen LogP contribution in [0.3, 0.4) is 0 Å². The average Bonchev–Trinajstić information content (AvgIpc) is 3.24. The molecule has 0 bridgehead atoms. The van der Waals surface area contributed by atoms with Gasteiger partial charge in [0.1, 0.15) is 0 Å². The van der Waals surface area contributed by atoms with Crippen LogP contribution in [-0.2, 0) is 16.4 Å². The lowest BCUT2D eigenvalue weighted by molar-refractivity contribution is 0.174. The highest BCUT2D eigenvalue weighted by Gasteiger charge is 2.33. The second kappa shape index (κ2) is 6.11. The molecule has 0 saturated carbocycles. The van der Waals surface area contributed by atoms with Gasteiger partial charge in [0, 0.05) is 19.2 Å². The summed E-state index contributed by atoms with van der Waals surface area (Å²) in [6, 6.07) is 15.0. The number of nitrogens with zero attached hydrogens (tertiary/aromatic N) is 1. The Hall–Kier alpha value is -2.05. The average molecular weight is 345 g/mol. The summed E-state index contributed by atoms with van der Waals surface area (Å²) in [6.07, 6.45) is 1.80. The zero-order valence-electron chi connectivity index (χ0n) is 13.2. The second-order valence-corrected chi connectivity index (χ2v) is 8.16. The van der Waals surface area contributed by atoms with Crippen molar-refractivity contribution in [3.8, 4) is 11.5 Å². The fourth-order valence-corrected chi connectivity index (χ4v) is 4.86. The predicted octanol–water partition coefficient (Wildman–Crippen LogP) is 2.67. The normalized spacial score (nSPS) is 20.4. The van der Waals surface area contributed by atoms with Crippen molar-refractivity contribution in [2.45, 2.75) is 17.7 Å². The zero-order valence-corrected chi connectivity index (χ0v) is 14.0. The van der Waals surface area contributed by atoms with Gasteiger partial charge >= 0.3 is 0 Å². The molecule has 126 valence electrons. The summed E-state index contributed by atoms with van der Waals surface area (Å²) in [4.78, 5) is 0.270. The van der Waals surface area contributed by atoms with Gasteiger partial charge in [-0.2, -0.15) is 4.31 Å². The third-order valence-electron chi connectivity index (χ3n) is 4.60. The maximum atomic E-state index is 12.9. The summed E-state index contributed by atoms with van der Waals surface area (Å²) in [7, 11) is -3.49. The summed E-state index contributed by atoms with van der Waals surface area (Å²) >= 11 is 0. The van der Waals surface area contributed by atoms with Crippen LogP contribution in [0.15, 0.2) is 53.4 Å². The number of ether oxygens (including phenoxy) is 2. The van der Waals surface area contributed by atoms with Gasteiger partial charge < -0.3 is 9.47 Å². The smallest absolute Gasteiger partial charge is 0.243 e. The molecule has 1 unspecified atom stereocenters. The highest BCUT2D eigenvalue weighted by molar-refractivity contribution is 7.89. The number of sulfonamides is 1. The zero-order chi connectivity index (χ0) is 16.6. The number of hydrogen-bond donors (Lipinski definition) is 0. The van der Waals surface area contributed by atoms with Crippen molar-refractivity contribution in [1.29, 1.82) is 0 Å². The van der Waals surface area contributed by atoms with Crippen LogP contribution in [0.5, 0.6) is 11.5 Å². The first kappa shape index (κ1) is 15.5. The molecule has 1 fully saturated rings. The molecular formula is C18H19NO4S. The first-order valence-corrected chi connectivity index (χ1v) is 9.51. The van der Waals surface area contributed by atoms with E-state index in [1.54, 1.807) is 22.5 Å². The van der Waals surface area contributed by atoms with Crippen LogP contribution in [0.2, 0.25) is 0 Å². The van der Waals surface area contributed by atoms with Crippen molar-refractivity contribution in [2.24, 2.45) is 5.92 Å². The molecule has 6 heteroatoms. The Morgan fingerprint density at radius 3 is 2.67 bits per heavy atom. The molecule has 0 aromatic heterocycles. The molecule has 5 nitrogen and oxygen atoms in total. The molecule has 2 heterocycles. The Kier molecular flexibility index (Phi) is 3.94. The molecule has 0 N–H and O–H groups in total. The van der Waals surface area contributed by atoms with Gasteiger partial charge in [0.15, 0.2) is 11.5 Å². The first-order valence-electron chi connectivity index (χ1n) is 8.07. The van der Waals surface area contributed by atoms with Crippen molar-refractivity contribution in [2.75, 3.05) is 19.9 Å². The Bertz CT molecular complexity index is 835. The third-order valence-corrected chi connectivity index (χ3v) is 6.46. The van der Waals surface area contributed by atoms with Gasteiger partial charge in [0.25, 0.3) is 0 Å². The molecule has 0 radical (unpaired) electrons. The monoisotopic (exact) mass is 345 g/mol. The maximum Gasteiger partial charge on any atom is 0.243 e. The topological polar surface area (TPSA) is 55.8 Å². The van der Waals surface area contributed by atoms with Crippen LogP contribution in [-0.4, -0.2) is 32.6 Å². The number of fused-ring (bicyclic) bond motifs is 1. The SMILES string of the molecule is O=S(=O)(c1ccc2c(c1)OCO2)N1CCC(Cc2ccccc2)C1. The quantitative estimate of drug-likeness (QED) is 0.855. The molecule has 2 aromatic rings. The van der Waals surface area contributed by atoms with E-state index in [9.17, 15) is 8.42 Å². The number of rotatable bonds is 4. The van der Waals surface area contributed by atoms with E-state index >= 15 is 0 Å². The van der Waals surface area contributed by atoms with Crippen molar-refractivity contribution in [1.82, 2.24) is 4.31 Å². The van der Waals surface area contributed by atoms with E-state index in [0.29, 0.717) is 30.5 Å². The van der Waals surface area contributed by atoms with E-state index in [1.165, 1.54) is 5.56 Å². The fraction of sp³-hybridized carbons (Fsp3) is 0.333. The summed E-state index contributed by atoms with van der Waals surface area (Å²) < 4.78 is 37.8. The minimum absolute atomic E-state index is 0.141. The van der Waals surface area contributed by atoms with E-state index in [1.807, 2.05) is 18.2 Å². The molecule has 0 amide bonds. The van der Waals surface area contributed by atoms with Crippen molar-refractivity contribution < 1.29 is 17.9 Å². The fourth-order valence-electron chi connectivity index (χ4n) is 3.32. The van der Waals surface area contributed by atoms with Crippen LogP contribution in [0, 0.1) is 5.92 Å². The standard InChI is InChI=1S/C18H19NO4S/c20-24(21,16-6-7-17-18(11-16)23-13-22-17)19-9-8-15(12-19)10-14-4-2-1-3-5-14/h1-7,11,15H,8-10,12-13H2. The lowest BCUT2D eigenvalue weighted by Crippen LogP contribution is -2.29. The Balaban J connectivity index is 1.49. The van der Waals surface area contributed by atoms with Gasteiger partial charge in [0.2, 0.25) is 16.8 Å². The van der Waals surface area contributed by atoms with Crippen LogP contribution in [0.1, 0.15) is 12.0 Å². The molecule has 1 atom stereocenters. The van der Waals surface area contributed by atoms with E-state index in [0.717, 1.165) is 12.8 Å². The van der Waals surface area contributed by atoms with E-state index < -0.39 is 10.0 Å². The summed E-state index contributed by atoms with van der Waals surface area (Å²) in [6.45, 7) is 1.27. The van der Waals surface area contributed by atoms with Crippen LogP contribution < -0.4 is 9.47 Å². The Morgan fingerprint density at radius 2 is 1.83 bits per heavy atom. The predicted molar refractivity (Wildman–Crippen MR) is 89.6 cm³/mol. The van der Waals surface area contributed by atoms with E-state index in [2.05, 4.69) is 12.1 Å². The lowest BCUT2D eigenvalue weighted by Gasteiger charge is -2.17. The number of benzene rings is 2. The first-order chi connectivity index (χ1) is 11.6. The number of hydrogen-bond acceptors (Lipinski definition) is 4. The van der Waals surface area contributed by atoms with E-state index in [-0.39, 0.29) is 11.7 Å². The third kappa shape index (κ3) is 2.87. The van der Waals surface area contributed by atoms with Gasteiger partial charge in [-0.05, 0) is 36.5 Å². The van der Waals surface area contributed by atoms with Gasteiger partial charge in [0.05, 0.1) is 4.90 Å². The van der Waals surface area contributed by atoms with Crippen molar-refractivity contribution in [3.05, 3.63) is 54.1 Å². The second-order valence-electron chi connectivity index (χ2n) is 6.22. The molecular weight excluding hydrogens is 326 g/mol. The molecule has 2 aliphatic rings. The highest BCUT2D eigenvalue weighted by Crippen LogP contribution is 2.35. The van der Waals surface area contributed by atoms with Gasteiger partial charge in [-0.3, -0.25) is 0 Å². The van der Waals surface area contributed by atoms with Gasteiger partial charge in [-0.15, -0.1) is 0 Å². The summed E-state index contributed by atoms with van der Waals surface area (Å²) in [5.41, 5.74) is 1.25. The van der Waals surface area contributed by atoms with Crippen molar-refractivity contribution >= 4 is 10.0 Å². The van der Waals surface area contributed by atoms with Crippen LogP contribution in [0.25, 0.3) is 0 Å². The summed E-state index contributed by atoms with van der Waals surface area (Å²) in [5, 5.41) is 0. The Labute approximate surface area is 141 Å². The van der Waals surface area contributed by atoms with Gasteiger partial charge in [-0.1, -0.05) is 30.3 Å². The lowest BCUT2D eigenvalue weighted by atomic mass is 9.99. The van der Waals surface area contributed by atoms with Crippen LogP contribution >= 0.6 is 0 Å². The molecule has 24 heavy (non-hydrogen) atoms. The molecule has 2 aliphatic heterocycles. The highest BCUT2D eigenvalue weighted by atomic mass is 32.2. The minimum Gasteiger partial charge on any atom is -0.454 e.